The molecular formula is C12H15ClN4OS. The molecule has 5 nitrogen and oxygen atoms in total. The van der Waals surface area contributed by atoms with E-state index in [1.807, 2.05) is 19.2 Å². The largest absolute Gasteiger partial charge is 0.382 e. The molecule has 102 valence electrons. The Kier molecular flexibility index (Phi) is 4.95. The molecule has 0 bridgehead atoms. The van der Waals surface area contributed by atoms with Crippen LogP contribution in [0, 0.1) is 0 Å². The van der Waals surface area contributed by atoms with Gasteiger partial charge in [-0.15, -0.1) is 11.3 Å². The Morgan fingerprint density at radius 3 is 2.89 bits per heavy atom. The summed E-state index contributed by atoms with van der Waals surface area (Å²) in [5.74, 6) is 0. The van der Waals surface area contributed by atoms with Gasteiger partial charge in [-0.1, -0.05) is 11.6 Å². The van der Waals surface area contributed by atoms with Gasteiger partial charge in [0.1, 0.15) is 0 Å². The smallest absolute Gasteiger partial charge is 0.269 e. The summed E-state index contributed by atoms with van der Waals surface area (Å²) in [6, 6.07) is 5.28. The molecule has 0 saturated carbocycles. The molecule has 7 heteroatoms. The highest BCUT2D eigenvalue weighted by Crippen LogP contribution is 2.21. The molecule has 0 aromatic carbocycles. The molecule has 0 amide bonds. The number of likely N-dealkylation sites (N-methyl/N-ethyl adjacent to an activating group) is 1. The summed E-state index contributed by atoms with van der Waals surface area (Å²) in [5.41, 5.74) is 0.611. The number of anilines is 1. The minimum Gasteiger partial charge on any atom is -0.382 e. The first kappa shape index (κ1) is 14.0. The topological polar surface area (TPSA) is 59.0 Å². The van der Waals surface area contributed by atoms with E-state index in [0.29, 0.717) is 10.9 Å². The second kappa shape index (κ2) is 6.70. The molecule has 2 aromatic heterocycles. The van der Waals surface area contributed by atoms with Gasteiger partial charge in [0.2, 0.25) is 0 Å². The maximum atomic E-state index is 11.9. The van der Waals surface area contributed by atoms with Crippen LogP contribution in [0.3, 0.4) is 0 Å². The summed E-state index contributed by atoms with van der Waals surface area (Å²) >= 11 is 7.31. The Morgan fingerprint density at radius 2 is 2.26 bits per heavy atom. The molecule has 0 atom stereocenters. The molecule has 0 radical (unpaired) electrons. The number of rotatable bonds is 6. The normalized spacial score (nSPS) is 10.6. The van der Waals surface area contributed by atoms with Crippen molar-refractivity contribution in [3.63, 3.8) is 0 Å². The molecule has 0 aliphatic carbocycles. The fourth-order valence-corrected chi connectivity index (χ4v) is 2.63. The maximum Gasteiger partial charge on any atom is 0.269 e. The van der Waals surface area contributed by atoms with Gasteiger partial charge in [0.25, 0.3) is 5.56 Å². The lowest BCUT2D eigenvalue weighted by Crippen LogP contribution is -2.24. The van der Waals surface area contributed by atoms with Crippen LogP contribution in [-0.4, -0.2) is 29.9 Å². The molecule has 0 aliphatic heterocycles. The van der Waals surface area contributed by atoms with E-state index < -0.39 is 0 Å². The maximum absolute atomic E-state index is 11.9. The standard InChI is InChI=1S/C12H15ClN4OS/c1-14-4-5-15-9-6-12(18)17(16-7-9)8-10-2-3-11(13)19-10/h2-3,6-7,14-15H,4-5,8H2,1H3. The second-order valence-corrected chi connectivity index (χ2v) is 5.78. The van der Waals surface area contributed by atoms with Crippen LogP contribution in [-0.2, 0) is 6.54 Å². The summed E-state index contributed by atoms with van der Waals surface area (Å²) in [5, 5.41) is 10.3. The average molecular weight is 299 g/mol. The van der Waals surface area contributed by atoms with Crippen molar-refractivity contribution in [3.05, 3.63) is 44.0 Å². The van der Waals surface area contributed by atoms with Gasteiger partial charge < -0.3 is 10.6 Å². The van der Waals surface area contributed by atoms with Crippen LogP contribution in [0.25, 0.3) is 0 Å². The van der Waals surface area contributed by atoms with E-state index in [-0.39, 0.29) is 5.56 Å². The monoisotopic (exact) mass is 298 g/mol. The Bertz CT molecular complexity index is 595. The van der Waals surface area contributed by atoms with Crippen molar-refractivity contribution in [2.75, 3.05) is 25.5 Å². The van der Waals surface area contributed by atoms with Crippen molar-refractivity contribution >= 4 is 28.6 Å². The molecule has 2 heterocycles. The summed E-state index contributed by atoms with van der Waals surface area (Å²) in [6.45, 7) is 2.03. The van der Waals surface area contributed by atoms with Gasteiger partial charge >= 0.3 is 0 Å². The van der Waals surface area contributed by atoms with E-state index in [1.165, 1.54) is 16.0 Å². The zero-order valence-electron chi connectivity index (χ0n) is 10.5. The second-order valence-electron chi connectivity index (χ2n) is 3.98. The van der Waals surface area contributed by atoms with Crippen molar-refractivity contribution in [2.45, 2.75) is 6.54 Å². The van der Waals surface area contributed by atoms with Crippen molar-refractivity contribution in [3.8, 4) is 0 Å². The molecule has 0 saturated heterocycles. The first-order chi connectivity index (χ1) is 9.19. The number of halogens is 1. The molecular weight excluding hydrogens is 284 g/mol. The van der Waals surface area contributed by atoms with Crippen molar-refractivity contribution < 1.29 is 0 Å². The van der Waals surface area contributed by atoms with E-state index in [1.54, 1.807) is 12.3 Å². The number of nitrogens with zero attached hydrogens (tertiary/aromatic N) is 2. The first-order valence-electron chi connectivity index (χ1n) is 5.89. The van der Waals surface area contributed by atoms with Crippen molar-refractivity contribution in [1.29, 1.82) is 0 Å². The Hall–Kier alpha value is -1.37. The Morgan fingerprint density at radius 1 is 1.42 bits per heavy atom. The van der Waals surface area contributed by atoms with Gasteiger partial charge in [0.15, 0.2) is 0 Å². The fraction of sp³-hybridized carbons (Fsp3) is 0.333. The van der Waals surface area contributed by atoms with E-state index in [9.17, 15) is 4.79 Å². The Labute approximate surface area is 120 Å². The lowest BCUT2D eigenvalue weighted by molar-refractivity contribution is 0.646. The van der Waals surface area contributed by atoms with E-state index in [4.69, 9.17) is 11.6 Å². The lowest BCUT2D eigenvalue weighted by atomic mass is 10.4. The highest BCUT2D eigenvalue weighted by atomic mass is 35.5. The van der Waals surface area contributed by atoms with Crippen LogP contribution in [0.2, 0.25) is 4.34 Å². The molecule has 2 aromatic rings. The third-order valence-corrected chi connectivity index (χ3v) is 3.72. The van der Waals surface area contributed by atoms with E-state index >= 15 is 0 Å². The van der Waals surface area contributed by atoms with Crippen LogP contribution in [0.1, 0.15) is 4.88 Å². The predicted molar refractivity (Wildman–Crippen MR) is 79.3 cm³/mol. The minimum absolute atomic E-state index is 0.126. The quantitative estimate of drug-likeness (QED) is 0.796. The molecule has 0 fully saturated rings. The van der Waals surface area contributed by atoms with Gasteiger partial charge in [-0.3, -0.25) is 4.79 Å². The highest BCUT2D eigenvalue weighted by molar-refractivity contribution is 7.16. The third kappa shape index (κ3) is 4.05. The average Bonchev–Trinajstić information content (AvgIpc) is 2.79. The van der Waals surface area contributed by atoms with Crippen molar-refractivity contribution in [1.82, 2.24) is 15.1 Å². The SMILES string of the molecule is CNCCNc1cnn(Cc2ccc(Cl)s2)c(=O)c1. The zero-order chi connectivity index (χ0) is 13.7. The van der Waals surface area contributed by atoms with Crippen LogP contribution >= 0.6 is 22.9 Å². The van der Waals surface area contributed by atoms with Crippen LogP contribution in [0.15, 0.2) is 29.2 Å². The fourth-order valence-electron chi connectivity index (χ4n) is 1.57. The molecule has 19 heavy (non-hydrogen) atoms. The van der Waals surface area contributed by atoms with Gasteiger partial charge in [-0.2, -0.15) is 5.10 Å². The molecule has 2 rings (SSSR count). The lowest BCUT2D eigenvalue weighted by Gasteiger charge is -2.07. The summed E-state index contributed by atoms with van der Waals surface area (Å²) in [4.78, 5) is 12.9. The van der Waals surface area contributed by atoms with Crippen LogP contribution in [0.4, 0.5) is 5.69 Å². The van der Waals surface area contributed by atoms with Crippen LogP contribution < -0.4 is 16.2 Å². The Balaban J connectivity index is 2.04. The van der Waals surface area contributed by atoms with E-state index in [0.717, 1.165) is 23.7 Å². The third-order valence-electron chi connectivity index (χ3n) is 2.51. The first-order valence-corrected chi connectivity index (χ1v) is 7.08. The number of hydrogen-bond acceptors (Lipinski definition) is 5. The minimum atomic E-state index is -0.126. The predicted octanol–water partition coefficient (Wildman–Crippen LogP) is 1.64. The molecule has 0 aliphatic rings. The van der Waals surface area contributed by atoms with Gasteiger partial charge in [-0.25, -0.2) is 4.68 Å². The molecule has 0 spiro atoms. The van der Waals surface area contributed by atoms with E-state index in [2.05, 4.69) is 15.7 Å². The number of nitrogens with one attached hydrogen (secondary N) is 2. The highest BCUT2D eigenvalue weighted by Gasteiger charge is 2.03. The summed E-state index contributed by atoms with van der Waals surface area (Å²) < 4.78 is 2.14. The van der Waals surface area contributed by atoms with Crippen LogP contribution in [0.5, 0.6) is 0 Å². The van der Waals surface area contributed by atoms with Gasteiger partial charge in [-0.05, 0) is 19.2 Å². The molecule has 2 N–H and O–H groups in total. The number of thiophene rings is 1. The summed E-state index contributed by atoms with van der Waals surface area (Å²) in [6.07, 6.45) is 1.66. The van der Waals surface area contributed by atoms with Gasteiger partial charge in [0, 0.05) is 24.0 Å². The van der Waals surface area contributed by atoms with Gasteiger partial charge in [0.05, 0.1) is 22.8 Å². The number of hydrogen-bond donors (Lipinski definition) is 2. The zero-order valence-corrected chi connectivity index (χ0v) is 12.1. The summed E-state index contributed by atoms with van der Waals surface area (Å²) in [7, 11) is 1.88. The molecule has 0 unspecified atom stereocenters. The van der Waals surface area contributed by atoms with Crippen molar-refractivity contribution in [2.24, 2.45) is 0 Å². The number of aromatic nitrogens is 2.